The number of carbonyl (C=O) groups excluding carboxylic acids is 1. The first kappa shape index (κ1) is 21.9. The molecular weight excluding hydrogens is 380 g/mol. The standard InChI is InChI=1S/C25H32N2O.ClH/c1-3-25(28)27(22-11-5-4-6-12-22)24-15-16-26(18-19(24)2)23-14-13-20-9-7-8-10-21(20)17-23;/h4-12,19,23-24H,3,13-18H2,1-2H3;1H/t19-,23?,24+;/m0./s1. The Morgan fingerprint density at radius 2 is 1.72 bits per heavy atom. The van der Waals surface area contributed by atoms with Crippen LogP contribution in [0.1, 0.15) is 44.2 Å². The van der Waals surface area contributed by atoms with Gasteiger partial charge in [0.2, 0.25) is 5.91 Å². The van der Waals surface area contributed by atoms with Crippen molar-refractivity contribution in [2.45, 2.75) is 58.0 Å². The predicted octanol–water partition coefficient (Wildman–Crippen LogP) is 5.12. The average molecular weight is 413 g/mol. The van der Waals surface area contributed by atoms with Gasteiger partial charge in [0.1, 0.15) is 0 Å². The topological polar surface area (TPSA) is 23.6 Å². The Bertz CT molecular complexity index is 809. The molecule has 4 heteroatoms. The summed E-state index contributed by atoms with van der Waals surface area (Å²) in [5.74, 6) is 0.713. The largest absolute Gasteiger partial charge is 0.309 e. The first-order chi connectivity index (χ1) is 13.7. The van der Waals surface area contributed by atoms with Crippen molar-refractivity contribution in [3.8, 4) is 0 Å². The first-order valence-corrected chi connectivity index (χ1v) is 10.8. The number of aryl methyl sites for hydroxylation is 1. The third kappa shape index (κ3) is 4.67. The Morgan fingerprint density at radius 1 is 1.03 bits per heavy atom. The molecule has 1 aliphatic heterocycles. The summed E-state index contributed by atoms with van der Waals surface area (Å²) in [6.07, 6.45) is 5.23. The second-order valence-corrected chi connectivity index (χ2v) is 8.45. The molecule has 2 aromatic carbocycles. The lowest BCUT2D eigenvalue weighted by atomic mass is 9.84. The van der Waals surface area contributed by atoms with Crippen molar-refractivity contribution < 1.29 is 4.79 Å². The minimum atomic E-state index is 0. The monoisotopic (exact) mass is 412 g/mol. The van der Waals surface area contributed by atoms with Crippen LogP contribution in [0.3, 0.4) is 0 Å². The zero-order valence-electron chi connectivity index (χ0n) is 17.6. The van der Waals surface area contributed by atoms with Crippen LogP contribution in [-0.2, 0) is 17.6 Å². The molecule has 1 heterocycles. The quantitative estimate of drug-likeness (QED) is 0.695. The van der Waals surface area contributed by atoms with Crippen LogP contribution in [0, 0.1) is 5.92 Å². The van der Waals surface area contributed by atoms with Crippen molar-refractivity contribution >= 4 is 24.0 Å². The Morgan fingerprint density at radius 3 is 2.41 bits per heavy atom. The van der Waals surface area contributed by atoms with Gasteiger partial charge in [0.25, 0.3) is 0 Å². The fourth-order valence-corrected chi connectivity index (χ4v) is 5.15. The summed E-state index contributed by atoms with van der Waals surface area (Å²) in [5, 5.41) is 0. The summed E-state index contributed by atoms with van der Waals surface area (Å²) < 4.78 is 0. The molecule has 1 aliphatic carbocycles. The first-order valence-electron chi connectivity index (χ1n) is 10.8. The molecule has 2 aliphatic rings. The highest BCUT2D eigenvalue weighted by atomic mass is 35.5. The molecule has 1 amide bonds. The second kappa shape index (κ2) is 9.77. The number of para-hydroxylation sites is 1. The summed E-state index contributed by atoms with van der Waals surface area (Å²) in [6.45, 7) is 6.46. The molecule has 3 atom stereocenters. The van der Waals surface area contributed by atoms with Gasteiger partial charge in [-0.15, -0.1) is 12.4 Å². The van der Waals surface area contributed by atoms with Gasteiger partial charge in [-0.3, -0.25) is 9.69 Å². The van der Waals surface area contributed by atoms with Crippen LogP contribution < -0.4 is 4.90 Å². The number of hydrogen-bond donors (Lipinski definition) is 0. The van der Waals surface area contributed by atoms with Crippen LogP contribution in [0.4, 0.5) is 5.69 Å². The summed E-state index contributed by atoms with van der Waals surface area (Å²) in [6, 6.07) is 20.1. The highest BCUT2D eigenvalue weighted by molar-refractivity contribution is 5.93. The van der Waals surface area contributed by atoms with E-state index in [1.165, 1.54) is 30.4 Å². The van der Waals surface area contributed by atoms with Gasteiger partial charge in [-0.2, -0.15) is 0 Å². The molecule has 4 rings (SSSR count). The Hall–Kier alpha value is -1.84. The van der Waals surface area contributed by atoms with E-state index in [0.29, 0.717) is 24.4 Å². The Balaban J connectivity index is 0.00000240. The van der Waals surface area contributed by atoms with Crippen molar-refractivity contribution in [3.05, 3.63) is 65.7 Å². The van der Waals surface area contributed by atoms with Crippen LogP contribution in [0.5, 0.6) is 0 Å². The van der Waals surface area contributed by atoms with Gasteiger partial charge < -0.3 is 4.90 Å². The van der Waals surface area contributed by atoms with Gasteiger partial charge >= 0.3 is 0 Å². The minimum absolute atomic E-state index is 0. The fourth-order valence-electron chi connectivity index (χ4n) is 5.15. The third-order valence-electron chi connectivity index (χ3n) is 6.67. The Kier molecular flexibility index (Phi) is 7.37. The van der Waals surface area contributed by atoms with E-state index in [9.17, 15) is 4.79 Å². The number of nitrogens with zero attached hydrogens (tertiary/aromatic N) is 2. The maximum atomic E-state index is 12.8. The van der Waals surface area contributed by atoms with E-state index in [0.717, 1.165) is 25.2 Å². The van der Waals surface area contributed by atoms with E-state index in [1.807, 2.05) is 25.1 Å². The van der Waals surface area contributed by atoms with Crippen LogP contribution in [0.25, 0.3) is 0 Å². The predicted molar refractivity (Wildman–Crippen MR) is 123 cm³/mol. The normalized spacial score (nSPS) is 24.3. The van der Waals surface area contributed by atoms with Crippen LogP contribution >= 0.6 is 12.4 Å². The van der Waals surface area contributed by atoms with Crippen molar-refractivity contribution in [1.29, 1.82) is 0 Å². The van der Waals surface area contributed by atoms with Gasteiger partial charge in [0.05, 0.1) is 0 Å². The number of fused-ring (bicyclic) bond motifs is 1. The second-order valence-electron chi connectivity index (χ2n) is 8.45. The molecule has 3 nitrogen and oxygen atoms in total. The number of carbonyl (C=O) groups is 1. The number of halogens is 1. The number of hydrogen-bond acceptors (Lipinski definition) is 2. The van der Waals surface area contributed by atoms with Crippen molar-refractivity contribution in [2.24, 2.45) is 5.92 Å². The molecule has 2 aromatic rings. The highest BCUT2D eigenvalue weighted by Gasteiger charge is 2.36. The molecule has 1 fully saturated rings. The lowest BCUT2D eigenvalue weighted by Crippen LogP contribution is -2.55. The maximum absolute atomic E-state index is 12.8. The zero-order chi connectivity index (χ0) is 19.5. The van der Waals surface area contributed by atoms with E-state index in [2.05, 4.69) is 53.1 Å². The maximum Gasteiger partial charge on any atom is 0.226 e. The van der Waals surface area contributed by atoms with E-state index >= 15 is 0 Å². The average Bonchev–Trinajstić information content (AvgIpc) is 2.75. The van der Waals surface area contributed by atoms with Crippen LogP contribution in [0.2, 0.25) is 0 Å². The van der Waals surface area contributed by atoms with Gasteiger partial charge in [-0.1, -0.05) is 56.3 Å². The van der Waals surface area contributed by atoms with Gasteiger partial charge in [-0.25, -0.2) is 0 Å². The van der Waals surface area contributed by atoms with E-state index in [1.54, 1.807) is 0 Å². The molecule has 1 saturated heterocycles. The lowest BCUT2D eigenvalue weighted by molar-refractivity contribution is -0.119. The molecule has 0 radical (unpaired) electrons. The smallest absolute Gasteiger partial charge is 0.226 e. The molecule has 0 spiro atoms. The lowest BCUT2D eigenvalue weighted by Gasteiger charge is -2.46. The van der Waals surface area contributed by atoms with Gasteiger partial charge in [-0.05, 0) is 54.9 Å². The van der Waals surface area contributed by atoms with Crippen molar-refractivity contribution in [2.75, 3.05) is 18.0 Å². The molecule has 1 unspecified atom stereocenters. The van der Waals surface area contributed by atoms with Crippen LogP contribution in [-0.4, -0.2) is 36.0 Å². The molecule has 0 aromatic heterocycles. The van der Waals surface area contributed by atoms with Crippen molar-refractivity contribution in [3.63, 3.8) is 0 Å². The third-order valence-corrected chi connectivity index (χ3v) is 6.67. The fraction of sp³-hybridized carbons (Fsp3) is 0.480. The van der Waals surface area contributed by atoms with E-state index < -0.39 is 0 Å². The van der Waals surface area contributed by atoms with E-state index in [4.69, 9.17) is 0 Å². The van der Waals surface area contributed by atoms with E-state index in [-0.39, 0.29) is 18.3 Å². The molecule has 0 bridgehead atoms. The number of likely N-dealkylation sites (tertiary alicyclic amines) is 1. The summed E-state index contributed by atoms with van der Waals surface area (Å²) in [4.78, 5) is 17.6. The number of rotatable bonds is 4. The minimum Gasteiger partial charge on any atom is -0.309 e. The molecule has 29 heavy (non-hydrogen) atoms. The number of anilines is 1. The summed E-state index contributed by atoms with van der Waals surface area (Å²) in [7, 11) is 0. The van der Waals surface area contributed by atoms with Gasteiger partial charge in [0.15, 0.2) is 0 Å². The number of piperidine rings is 1. The molecule has 0 N–H and O–H groups in total. The molecular formula is C25H33ClN2O. The summed E-state index contributed by atoms with van der Waals surface area (Å²) in [5.41, 5.74) is 4.11. The number of amides is 1. The zero-order valence-corrected chi connectivity index (χ0v) is 18.4. The Labute approximate surface area is 181 Å². The highest BCUT2D eigenvalue weighted by Crippen LogP contribution is 2.32. The van der Waals surface area contributed by atoms with Crippen LogP contribution in [0.15, 0.2) is 54.6 Å². The SMILES string of the molecule is CCC(=O)N(c1ccccc1)[C@@H]1CCN(C2CCc3ccccc3C2)C[C@@H]1C.Cl. The summed E-state index contributed by atoms with van der Waals surface area (Å²) >= 11 is 0. The van der Waals surface area contributed by atoms with Gasteiger partial charge in [0, 0.05) is 37.3 Å². The number of benzene rings is 2. The molecule has 156 valence electrons. The van der Waals surface area contributed by atoms with Crippen molar-refractivity contribution in [1.82, 2.24) is 4.90 Å². The molecule has 0 saturated carbocycles.